The summed E-state index contributed by atoms with van der Waals surface area (Å²) in [6, 6.07) is 14.6. The van der Waals surface area contributed by atoms with Crippen molar-refractivity contribution >= 4 is 34.7 Å². The van der Waals surface area contributed by atoms with Crippen molar-refractivity contribution < 1.29 is 4.79 Å². The Morgan fingerprint density at radius 3 is 2.72 bits per heavy atom. The van der Waals surface area contributed by atoms with Gasteiger partial charge in [0, 0.05) is 35.0 Å². The molecule has 0 bridgehead atoms. The fourth-order valence-electron chi connectivity index (χ4n) is 4.09. The van der Waals surface area contributed by atoms with E-state index in [1.807, 2.05) is 6.07 Å². The van der Waals surface area contributed by atoms with Crippen LogP contribution in [0.1, 0.15) is 43.5 Å². The van der Waals surface area contributed by atoms with E-state index in [1.54, 1.807) is 41.7 Å². The second-order valence-electron chi connectivity index (χ2n) is 8.05. The average molecular weight is 471 g/mol. The van der Waals surface area contributed by atoms with E-state index in [0.29, 0.717) is 10.7 Å². The van der Waals surface area contributed by atoms with Crippen LogP contribution in [0.25, 0.3) is 5.69 Å². The number of benzene rings is 1. The van der Waals surface area contributed by atoms with E-state index in [1.165, 1.54) is 15.6 Å². The Bertz CT molecular complexity index is 1110. The van der Waals surface area contributed by atoms with Crippen molar-refractivity contribution in [2.24, 2.45) is 5.92 Å². The molecular weight excluding hydrogens is 444 g/mol. The molecule has 3 heterocycles. The Kier molecular flexibility index (Phi) is 7.27. The highest BCUT2D eigenvalue weighted by Crippen LogP contribution is 2.26. The zero-order valence-electron chi connectivity index (χ0n) is 18.0. The SMILES string of the molecule is CCCC(NC(=O)C1CCN(c2ccc(=O)n(-c3cccc(Cl)c3)n2)CC1)c1cccs1. The number of hydrogen-bond acceptors (Lipinski definition) is 5. The summed E-state index contributed by atoms with van der Waals surface area (Å²) < 4.78 is 1.37. The third-order valence-corrected chi connectivity index (χ3v) is 7.03. The smallest absolute Gasteiger partial charge is 0.271 e. The molecule has 4 rings (SSSR count). The minimum atomic E-state index is -0.208. The molecule has 1 saturated heterocycles. The minimum absolute atomic E-state index is 0.00981. The first-order chi connectivity index (χ1) is 15.5. The molecule has 168 valence electrons. The Morgan fingerprint density at radius 1 is 1.22 bits per heavy atom. The van der Waals surface area contributed by atoms with Gasteiger partial charge in [-0.25, -0.2) is 0 Å². The van der Waals surface area contributed by atoms with E-state index in [2.05, 4.69) is 33.7 Å². The number of piperidine rings is 1. The average Bonchev–Trinajstić information content (AvgIpc) is 3.34. The Labute approximate surface area is 196 Å². The fourth-order valence-corrected chi connectivity index (χ4v) is 5.08. The number of thiophene rings is 1. The number of carbonyl (C=O) groups excluding carboxylic acids is 1. The lowest BCUT2D eigenvalue weighted by Crippen LogP contribution is -2.42. The van der Waals surface area contributed by atoms with Crippen LogP contribution in [0.15, 0.2) is 58.7 Å². The second-order valence-corrected chi connectivity index (χ2v) is 9.46. The van der Waals surface area contributed by atoms with Crippen LogP contribution in [0.5, 0.6) is 0 Å². The highest BCUT2D eigenvalue weighted by atomic mass is 35.5. The maximum absolute atomic E-state index is 12.9. The van der Waals surface area contributed by atoms with Crippen molar-refractivity contribution in [2.45, 2.75) is 38.6 Å². The number of anilines is 1. The van der Waals surface area contributed by atoms with Crippen LogP contribution in [0.3, 0.4) is 0 Å². The molecule has 0 radical (unpaired) electrons. The van der Waals surface area contributed by atoms with E-state index in [4.69, 9.17) is 11.6 Å². The number of hydrogen-bond donors (Lipinski definition) is 1. The monoisotopic (exact) mass is 470 g/mol. The number of nitrogens with zero attached hydrogens (tertiary/aromatic N) is 3. The van der Waals surface area contributed by atoms with E-state index in [0.717, 1.165) is 44.6 Å². The predicted octanol–water partition coefficient (Wildman–Crippen LogP) is 4.82. The lowest BCUT2D eigenvalue weighted by atomic mass is 9.95. The molecule has 1 aliphatic heterocycles. The number of carbonyl (C=O) groups is 1. The fraction of sp³-hybridized carbons (Fsp3) is 0.375. The molecule has 1 atom stereocenters. The van der Waals surface area contributed by atoms with Crippen molar-refractivity contribution in [3.8, 4) is 5.69 Å². The molecule has 6 nitrogen and oxygen atoms in total. The number of rotatable bonds is 7. The normalized spacial score (nSPS) is 15.5. The van der Waals surface area contributed by atoms with Gasteiger partial charge in [0.25, 0.3) is 5.56 Å². The zero-order chi connectivity index (χ0) is 22.5. The summed E-state index contributed by atoms with van der Waals surface area (Å²) in [4.78, 5) is 28.6. The van der Waals surface area contributed by atoms with Gasteiger partial charge in [0.15, 0.2) is 0 Å². The summed E-state index contributed by atoms with van der Waals surface area (Å²) >= 11 is 7.77. The van der Waals surface area contributed by atoms with Gasteiger partial charge < -0.3 is 10.2 Å². The molecule has 8 heteroatoms. The molecule has 2 aromatic heterocycles. The van der Waals surface area contributed by atoms with Crippen LogP contribution < -0.4 is 15.8 Å². The number of aromatic nitrogens is 2. The number of halogens is 1. The first kappa shape index (κ1) is 22.6. The molecule has 1 aliphatic rings. The van der Waals surface area contributed by atoms with Crippen molar-refractivity contribution in [2.75, 3.05) is 18.0 Å². The van der Waals surface area contributed by atoms with Gasteiger partial charge in [-0.3, -0.25) is 9.59 Å². The summed E-state index contributed by atoms with van der Waals surface area (Å²) in [5, 5.41) is 10.4. The summed E-state index contributed by atoms with van der Waals surface area (Å²) in [6.07, 6.45) is 3.48. The summed E-state index contributed by atoms with van der Waals surface area (Å²) in [5.74, 6) is 0.851. The van der Waals surface area contributed by atoms with Gasteiger partial charge in [0.2, 0.25) is 5.91 Å². The summed E-state index contributed by atoms with van der Waals surface area (Å²) in [7, 11) is 0. The Hall–Kier alpha value is -2.64. The Morgan fingerprint density at radius 2 is 2.03 bits per heavy atom. The zero-order valence-corrected chi connectivity index (χ0v) is 19.6. The van der Waals surface area contributed by atoms with Gasteiger partial charge in [0.1, 0.15) is 5.82 Å². The third-order valence-electron chi connectivity index (χ3n) is 5.81. The number of nitrogens with one attached hydrogen (secondary N) is 1. The van der Waals surface area contributed by atoms with Crippen molar-refractivity contribution in [3.05, 3.63) is 74.2 Å². The molecule has 1 unspecified atom stereocenters. The minimum Gasteiger partial charge on any atom is -0.355 e. The maximum Gasteiger partial charge on any atom is 0.271 e. The first-order valence-corrected chi connectivity index (χ1v) is 12.3. The van der Waals surface area contributed by atoms with Gasteiger partial charge in [0.05, 0.1) is 11.7 Å². The molecule has 0 saturated carbocycles. The summed E-state index contributed by atoms with van der Waals surface area (Å²) in [5.41, 5.74) is 0.426. The molecule has 1 fully saturated rings. The first-order valence-electron chi connectivity index (χ1n) is 11.0. The highest BCUT2D eigenvalue weighted by Gasteiger charge is 2.27. The van der Waals surface area contributed by atoms with Crippen LogP contribution in [-0.4, -0.2) is 28.8 Å². The molecule has 1 amide bonds. The molecular formula is C24H27ClN4O2S. The van der Waals surface area contributed by atoms with Crippen LogP contribution in [-0.2, 0) is 4.79 Å². The van der Waals surface area contributed by atoms with Crippen molar-refractivity contribution in [1.29, 1.82) is 0 Å². The standard InChI is InChI=1S/C24H27ClN4O2S/c1-2-5-20(21-8-4-15-32-21)26-24(31)17-11-13-28(14-12-17)22-9-10-23(30)29(27-22)19-7-3-6-18(25)16-19/h3-4,6-10,15-17,20H,2,5,11-14H2,1H3,(H,26,31). The molecule has 0 spiro atoms. The van der Waals surface area contributed by atoms with Crippen LogP contribution in [0.4, 0.5) is 5.82 Å². The third kappa shape index (κ3) is 5.22. The van der Waals surface area contributed by atoms with E-state index < -0.39 is 0 Å². The van der Waals surface area contributed by atoms with Gasteiger partial charge in [-0.2, -0.15) is 4.68 Å². The van der Waals surface area contributed by atoms with Crippen LogP contribution >= 0.6 is 22.9 Å². The number of amides is 1. The molecule has 1 N–H and O–H groups in total. The summed E-state index contributed by atoms with van der Waals surface area (Å²) in [6.45, 7) is 3.58. The van der Waals surface area contributed by atoms with E-state index >= 15 is 0 Å². The molecule has 0 aliphatic carbocycles. The largest absolute Gasteiger partial charge is 0.355 e. The maximum atomic E-state index is 12.9. The Balaban J connectivity index is 1.41. The quantitative estimate of drug-likeness (QED) is 0.537. The van der Waals surface area contributed by atoms with Gasteiger partial charge in [-0.1, -0.05) is 37.1 Å². The van der Waals surface area contributed by atoms with E-state index in [-0.39, 0.29) is 23.4 Å². The topological polar surface area (TPSA) is 67.2 Å². The van der Waals surface area contributed by atoms with Crippen LogP contribution in [0, 0.1) is 5.92 Å². The molecule has 32 heavy (non-hydrogen) atoms. The van der Waals surface area contributed by atoms with Gasteiger partial charge in [-0.05, 0) is 55.0 Å². The lowest BCUT2D eigenvalue weighted by Gasteiger charge is -2.33. The van der Waals surface area contributed by atoms with Crippen molar-refractivity contribution in [1.82, 2.24) is 15.1 Å². The van der Waals surface area contributed by atoms with Crippen molar-refractivity contribution in [3.63, 3.8) is 0 Å². The van der Waals surface area contributed by atoms with E-state index in [9.17, 15) is 9.59 Å². The predicted molar refractivity (Wildman–Crippen MR) is 130 cm³/mol. The second kappa shape index (κ2) is 10.3. The van der Waals surface area contributed by atoms with Gasteiger partial charge >= 0.3 is 0 Å². The molecule has 1 aromatic carbocycles. The lowest BCUT2D eigenvalue weighted by molar-refractivity contribution is -0.126. The van der Waals surface area contributed by atoms with Gasteiger partial charge in [-0.15, -0.1) is 16.4 Å². The highest BCUT2D eigenvalue weighted by molar-refractivity contribution is 7.10. The molecule has 3 aromatic rings. The van der Waals surface area contributed by atoms with Crippen LogP contribution in [0.2, 0.25) is 5.02 Å².